The maximum atomic E-state index is 13.3. The molecule has 7 heteroatoms. The van der Waals surface area contributed by atoms with Crippen LogP contribution in [0.25, 0.3) is 10.2 Å². The second kappa shape index (κ2) is 8.09. The molecule has 4 rings (SSSR count). The molecule has 0 aliphatic heterocycles. The van der Waals surface area contributed by atoms with E-state index in [0.717, 1.165) is 21.5 Å². The quantitative estimate of drug-likeness (QED) is 0.495. The van der Waals surface area contributed by atoms with Gasteiger partial charge in [0.2, 0.25) is 0 Å². The van der Waals surface area contributed by atoms with Gasteiger partial charge in [-0.2, -0.15) is 5.26 Å². The first-order chi connectivity index (χ1) is 14.2. The molecule has 0 fully saturated rings. The van der Waals surface area contributed by atoms with E-state index in [9.17, 15) is 4.79 Å². The number of nitrogens with zero attached hydrogens (tertiary/aromatic N) is 4. The summed E-state index contributed by atoms with van der Waals surface area (Å²) in [5.41, 5.74) is 2.69. The van der Waals surface area contributed by atoms with Crippen molar-refractivity contribution in [3.8, 4) is 11.8 Å². The number of aromatic nitrogens is 2. The molecule has 29 heavy (non-hydrogen) atoms. The molecule has 6 nitrogen and oxygen atoms in total. The van der Waals surface area contributed by atoms with Gasteiger partial charge in [-0.3, -0.25) is 14.7 Å². The van der Waals surface area contributed by atoms with Crippen molar-refractivity contribution in [1.29, 1.82) is 5.26 Å². The van der Waals surface area contributed by atoms with Crippen LogP contribution in [0, 0.1) is 11.3 Å². The molecular weight excluding hydrogens is 384 g/mol. The number of rotatable bonds is 5. The average molecular weight is 400 g/mol. The van der Waals surface area contributed by atoms with Gasteiger partial charge in [-0.05, 0) is 54.1 Å². The number of anilines is 1. The summed E-state index contributed by atoms with van der Waals surface area (Å²) in [5.74, 6) is 0.550. The van der Waals surface area contributed by atoms with E-state index in [0.29, 0.717) is 22.8 Å². The number of nitriles is 1. The molecule has 0 aliphatic carbocycles. The first kappa shape index (κ1) is 18.6. The summed E-state index contributed by atoms with van der Waals surface area (Å²) in [4.78, 5) is 23.8. The van der Waals surface area contributed by atoms with E-state index in [-0.39, 0.29) is 5.91 Å². The number of carbonyl (C=O) groups excluding carboxylic acids is 1. The predicted molar refractivity (Wildman–Crippen MR) is 112 cm³/mol. The molecule has 2 aromatic heterocycles. The zero-order valence-corrected chi connectivity index (χ0v) is 16.4. The Morgan fingerprint density at radius 2 is 2.03 bits per heavy atom. The summed E-state index contributed by atoms with van der Waals surface area (Å²) in [7, 11) is 1.62. The second-order valence-electron chi connectivity index (χ2n) is 6.27. The Bertz CT molecular complexity index is 1200. The van der Waals surface area contributed by atoms with Gasteiger partial charge in [0.1, 0.15) is 5.75 Å². The van der Waals surface area contributed by atoms with Crippen molar-refractivity contribution < 1.29 is 9.53 Å². The van der Waals surface area contributed by atoms with E-state index in [4.69, 9.17) is 10.00 Å². The summed E-state index contributed by atoms with van der Waals surface area (Å²) in [6.45, 7) is 0.337. The van der Waals surface area contributed by atoms with Crippen LogP contribution in [0.2, 0.25) is 0 Å². The lowest BCUT2D eigenvalue weighted by Gasteiger charge is -2.20. The highest BCUT2D eigenvalue weighted by Gasteiger charge is 2.22. The fraction of sp³-hybridized carbons (Fsp3) is 0.0909. The summed E-state index contributed by atoms with van der Waals surface area (Å²) in [6, 6.07) is 18.1. The van der Waals surface area contributed by atoms with Gasteiger partial charge in [0, 0.05) is 18.0 Å². The molecule has 1 amide bonds. The van der Waals surface area contributed by atoms with Gasteiger partial charge in [-0.15, -0.1) is 0 Å². The van der Waals surface area contributed by atoms with E-state index in [1.807, 2.05) is 30.3 Å². The van der Waals surface area contributed by atoms with Gasteiger partial charge in [0.15, 0.2) is 5.13 Å². The molecule has 0 saturated carbocycles. The Balaban J connectivity index is 1.75. The van der Waals surface area contributed by atoms with Crippen molar-refractivity contribution in [3.05, 3.63) is 83.7 Å². The average Bonchev–Trinajstić information content (AvgIpc) is 3.20. The number of amides is 1. The lowest BCUT2D eigenvalue weighted by molar-refractivity contribution is 0.0985. The van der Waals surface area contributed by atoms with Crippen LogP contribution in [0.1, 0.15) is 21.5 Å². The minimum absolute atomic E-state index is 0.190. The number of fused-ring (bicyclic) bond motifs is 1. The molecule has 142 valence electrons. The highest BCUT2D eigenvalue weighted by Crippen LogP contribution is 2.33. The fourth-order valence-electron chi connectivity index (χ4n) is 2.88. The number of thiazole rings is 1. The zero-order valence-electron chi connectivity index (χ0n) is 15.6. The largest absolute Gasteiger partial charge is 0.497 e. The number of methoxy groups -OCH3 is 1. The van der Waals surface area contributed by atoms with Gasteiger partial charge in [-0.1, -0.05) is 17.4 Å². The van der Waals surface area contributed by atoms with Crippen LogP contribution in [-0.2, 0) is 6.54 Å². The molecule has 0 radical (unpaired) electrons. The molecule has 0 bridgehead atoms. The van der Waals surface area contributed by atoms with E-state index in [1.165, 1.54) is 11.3 Å². The summed E-state index contributed by atoms with van der Waals surface area (Å²) in [6.07, 6.45) is 3.43. The van der Waals surface area contributed by atoms with E-state index >= 15 is 0 Å². The van der Waals surface area contributed by atoms with Gasteiger partial charge in [0.05, 0.1) is 35.5 Å². The van der Waals surface area contributed by atoms with Crippen LogP contribution >= 0.6 is 11.3 Å². The monoisotopic (exact) mass is 400 g/mol. The molecule has 0 atom stereocenters. The predicted octanol–water partition coefficient (Wildman–Crippen LogP) is 4.42. The number of carbonyl (C=O) groups is 1. The first-order valence-electron chi connectivity index (χ1n) is 8.83. The molecule has 4 aromatic rings. The van der Waals surface area contributed by atoms with Gasteiger partial charge < -0.3 is 4.74 Å². The van der Waals surface area contributed by atoms with Crippen LogP contribution in [0.3, 0.4) is 0 Å². The van der Waals surface area contributed by atoms with Gasteiger partial charge >= 0.3 is 0 Å². The molecular formula is C22H16N4O2S. The standard InChI is InChI=1S/C22H16N4O2S/c1-28-18-8-9-19-20(11-18)29-22(25-19)26(14-16-3-2-10-24-13-16)21(27)17-6-4-15(12-23)5-7-17/h2-11,13H,14H2,1H3. The third kappa shape index (κ3) is 3.93. The van der Waals surface area contributed by atoms with Gasteiger partial charge in [0.25, 0.3) is 5.91 Å². The number of hydrogen-bond acceptors (Lipinski definition) is 6. The molecule has 0 aliphatic rings. The number of benzene rings is 2. The second-order valence-corrected chi connectivity index (χ2v) is 7.28. The number of pyridine rings is 1. The van der Waals surface area contributed by atoms with Crippen LogP contribution in [0.5, 0.6) is 5.75 Å². The van der Waals surface area contributed by atoms with E-state index < -0.39 is 0 Å². The van der Waals surface area contributed by atoms with Crippen LogP contribution in [-0.4, -0.2) is 23.0 Å². The molecule has 2 aromatic carbocycles. The maximum absolute atomic E-state index is 13.3. The smallest absolute Gasteiger partial charge is 0.260 e. The number of ether oxygens (including phenoxy) is 1. The Kier molecular flexibility index (Phi) is 5.18. The Hall–Kier alpha value is -3.76. The lowest BCUT2D eigenvalue weighted by atomic mass is 10.1. The van der Waals surface area contributed by atoms with Crippen molar-refractivity contribution in [2.75, 3.05) is 12.0 Å². The van der Waals surface area contributed by atoms with Crippen molar-refractivity contribution in [2.24, 2.45) is 0 Å². The van der Waals surface area contributed by atoms with Crippen LogP contribution in [0.4, 0.5) is 5.13 Å². The minimum Gasteiger partial charge on any atom is -0.497 e. The van der Waals surface area contributed by atoms with Crippen molar-refractivity contribution >= 4 is 32.6 Å². The van der Waals surface area contributed by atoms with Crippen LogP contribution < -0.4 is 9.64 Å². The van der Waals surface area contributed by atoms with Gasteiger partial charge in [-0.25, -0.2) is 4.98 Å². The van der Waals surface area contributed by atoms with Crippen molar-refractivity contribution in [2.45, 2.75) is 6.54 Å². The topological polar surface area (TPSA) is 79.1 Å². The Morgan fingerprint density at radius 1 is 1.21 bits per heavy atom. The summed E-state index contributed by atoms with van der Waals surface area (Å²) < 4.78 is 6.22. The van der Waals surface area contributed by atoms with Crippen LogP contribution in [0.15, 0.2) is 67.0 Å². The fourth-order valence-corrected chi connectivity index (χ4v) is 3.87. The van der Waals surface area contributed by atoms with Crippen molar-refractivity contribution in [3.63, 3.8) is 0 Å². The van der Waals surface area contributed by atoms with E-state index in [1.54, 1.807) is 48.7 Å². The third-order valence-electron chi connectivity index (χ3n) is 4.38. The maximum Gasteiger partial charge on any atom is 0.260 e. The summed E-state index contributed by atoms with van der Waals surface area (Å²) in [5, 5.41) is 9.59. The highest BCUT2D eigenvalue weighted by atomic mass is 32.1. The van der Waals surface area contributed by atoms with Crippen molar-refractivity contribution in [1.82, 2.24) is 9.97 Å². The minimum atomic E-state index is -0.190. The SMILES string of the molecule is COc1ccc2nc(N(Cc3cccnc3)C(=O)c3ccc(C#N)cc3)sc2c1. The molecule has 0 N–H and O–H groups in total. The first-order valence-corrected chi connectivity index (χ1v) is 9.65. The Labute approximate surface area is 171 Å². The third-order valence-corrected chi connectivity index (χ3v) is 5.43. The lowest BCUT2D eigenvalue weighted by Crippen LogP contribution is -2.30. The normalized spacial score (nSPS) is 10.5. The molecule has 0 spiro atoms. The molecule has 2 heterocycles. The van der Waals surface area contributed by atoms with E-state index in [2.05, 4.69) is 16.0 Å². The molecule has 0 saturated heterocycles. The molecule has 0 unspecified atom stereocenters. The summed E-state index contributed by atoms with van der Waals surface area (Å²) >= 11 is 1.43. The Morgan fingerprint density at radius 3 is 2.72 bits per heavy atom. The number of hydrogen-bond donors (Lipinski definition) is 0. The highest BCUT2D eigenvalue weighted by molar-refractivity contribution is 7.22. The zero-order chi connectivity index (χ0) is 20.2.